The number of esters is 1. The number of hydrazine groups is 1. The Labute approximate surface area is 240 Å². The molecule has 1 fully saturated rings. The second kappa shape index (κ2) is 11.7. The highest BCUT2D eigenvalue weighted by Gasteiger charge is 2.56. The second-order valence-corrected chi connectivity index (χ2v) is 12.9. The number of sulfonamides is 1. The van der Waals surface area contributed by atoms with Crippen LogP contribution in [0, 0.1) is 0 Å². The highest BCUT2D eigenvalue weighted by molar-refractivity contribution is 7.88. The number of rotatable bonds is 11. The Morgan fingerprint density at radius 2 is 1.98 bits per heavy atom. The number of nitrogens with two attached hydrogens (primary N) is 1. The number of aromatic nitrogens is 4. The zero-order valence-corrected chi connectivity index (χ0v) is 24.8. The fraction of sp³-hybridized carbons (Fsp3) is 0.455. The quantitative estimate of drug-likeness (QED) is 0.103. The number of imidazole rings is 1. The van der Waals surface area contributed by atoms with Crippen LogP contribution in [0.25, 0.3) is 11.2 Å². The maximum absolute atomic E-state index is 13.9. The topological polar surface area (TPSA) is 243 Å². The molecule has 0 radical (unpaired) electrons. The van der Waals surface area contributed by atoms with Crippen molar-refractivity contribution >= 4 is 46.7 Å². The molecule has 2 aromatic heterocycles. The summed E-state index contributed by atoms with van der Waals surface area (Å²) in [6.07, 6.45) is -2.92. The number of carbonyl (C=O) groups excluding carboxylic acids is 1. The standard InChI is InChI=1S/C22H31N8O10PS/c1-12(18(32)37-4)27-41(34,39-13-9-7-6-8-10-13)40-19-15(31)22(2,33)20(38-19)30-11-24-14-16(25-21(23)26-17(14)30)29(3)28-42(5,35)36/h6-12,15,19-20,28,31,33H,1-5H3,(H,27,34)(H2,23,25,26)/t12-,15?,19?,20+,22+,41?/m0/s1. The van der Waals surface area contributed by atoms with E-state index in [4.69, 9.17) is 19.5 Å². The summed E-state index contributed by atoms with van der Waals surface area (Å²) in [4.78, 5) is 26.7. The van der Waals surface area contributed by atoms with Crippen molar-refractivity contribution in [3.63, 3.8) is 0 Å². The van der Waals surface area contributed by atoms with E-state index in [1.54, 1.807) is 18.2 Å². The number of nitrogen functional groups attached to an aromatic ring is 1. The molecule has 18 nitrogen and oxygen atoms in total. The van der Waals surface area contributed by atoms with E-state index >= 15 is 0 Å². The predicted octanol–water partition coefficient (Wildman–Crippen LogP) is -0.369. The van der Waals surface area contributed by atoms with Crippen LogP contribution < -0.4 is 25.2 Å². The molecule has 0 aliphatic carbocycles. The van der Waals surface area contributed by atoms with Gasteiger partial charge in [-0.25, -0.2) is 18.0 Å². The number of aliphatic hydroxyl groups excluding tert-OH is 1. The van der Waals surface area contributed by atoms with Crippen LogP contribution in [0.5, 0.6) is 5.75 Å². The maximum atomic E-state index is 13.9. The molecule has 6 atom stereocenters. The molecule has 1 saturated heterocycles. The van der Waals surface area contributed by atoms with Gasteiger partial charge in [-0.2, -0.15) is 15.1 Å². The molecule has 0 amide bonds. The Kier molecular flexibility index (Phi) is 8.77. The molecule has 1 aliphatic rings. The summed E-state index contributed by atoms with van der Waals surface area (Å²) in [5, 5.41) is 25.8. The number of methoxy groups -OCH3 is 1. The highest BCUT2D eigenvalue weighted by Crippen LogP contribution is 2.51. The van der Waals surface area contributed by atoms with Gasteiger partial charge in [0.2, 0.25) is 22.3 Å². The molecule has 42 heavy (non-hydrogen) atoms. The summed E-state index contributed by atoms with van der Waals surface area (Å²) >= 11 is 0. The Morgan fingerprint density at radius 3 is 2.60 bits per heavy atom. The summed E-state index contributed by atoms with van der Waals surface area (Å²) in [6, 6.07) is 6.72. The third-order valence-corrected chi connectivity index (χ3v) is 8.28. The first-order valence-electron chi connectivity index (χ1n) is 12.2. The van der Waals surface area contributed by atoms with E-state index in [-0.39, 0.29) is 28.7 Å². The predicted molar refractivity (Wildman–Crippen MR) is 147 cm³/mol. The van der Waals surface area contributed by atoms with Gasteiger partial charge in [0, 0.05) is 7.05 Å². The number of hydrogen-bond acceptors (Lipinski definition) is 15. The first-order valence-corrected chi connectivity index (χ1v) is 15.6. The van der Waals surface area contributed by atoms with Gasteiger partial charge in [0.25, 0.3) is 0 Å². The molecular weight excluding hydrogens is 599 g/mol. The minimum absolute atomic E-state index is 0.000988. The normalized spacial score (nSPS) is 24.7. The van der Waals surface area contributed by atoms with E-state index in [1.807, 2.05) is 0 Å². The van der Waals surface area contributed by atoms with E-state index in [9.17, 15) is 28.0 Å². The van der Waals surface area contributed by atoms with Crippen molar-refractivity contribution in [2.45, 2.75) is 44.1 Å². The van der Waals surface area contributed by atoms with E-state index < -0.39 is 54.0 Å². The number of para-hydroxylation sites is 1. The maximum Gasteiger partial charge on any atom is 0.461 e. The van der Waals surface area contributed by atoms with Crippen LogP contribution in [0.2, 0.25) is 0 Å². The van der Waals surface area contributed by atoms with Crippen LogP contribution in [0.4, 0.5) is 11.8 Å². The zero-order valence-electron chi connectivity index (χ0n) is 23.1. The molecule has 0 saturated carbocycles. The number of nitrogens with one attached hydrogen (secondary N) is 2. The first kappa shape index (κ1) is 31.5. The molecule has 0 spiro atoms. The Bertz CT molecular complexity index is 1610. The third kappa shape index (κ3) is 6.63. The number of carbonyl (C=O) groups is 1. The van der Waals surface area contributed by atoms with Crippen LogP contribution in [0.15, 0.2) is 36.7 Å². The fourth-order valence-electron chi connectivity index (χ4n) is 4.11. The van der Waals surface area contributed by atoms with E-state index in [0.717, 1.165) is 18.4 Å². The van der Waals surface area contributed by atoms with Gasteiger partial charge in [-0.1, -0.05) is 18.2 Å². The summed E-state index contributed by atoms with van der Waals surface area (Å²) in [5.41, 5.74) is 3.82. The van der Waals surface area contributed by atoms with Gasteiger partial charge in [0.05, 0.1) is 19.7 Å². The number of nitrogens with zero attached hydrogens (tertiary/aromatic N) is 5. The van der Waals surface area contributed by atoms with Crippen molar-refractivity contribution in [3.05, 3.63) is 36.7 Å². The largest absolute Gasteiger partial charge is 0.468 e. The van der Waals surface area contributed by atoms with Crippen LogP contribution in [-0.2, 0) is 33.4 Å². The summed E-state index contributed by atoms with van der Waals surface area (Å²) in [7, 11) is -5.69. The summed E-state index contributed by atoms with van der Waals surface area (Å²) < 4.78 is 60.2. The fourth-order valence-corrected chi connectivity index (χ4v) is 6.27. The van der Waals surface area contributed by atoms with Crippen molar-refractivity contribution in [3.8, 4) is 5.75 Å². The van der Waals surface area contributed by atoms with Crippen molar-refractivity contribution in [1.29, 1.82) is 0 Å². The molecule has 4 rings (SSSR count). The van der Waals surface area contributed by atoms with E-state index in [2.05, 4.69) is 29.6 Å². The lowest BCUT2D eigenvalue weighted by Crippen LogP contribution is -2.44. The molecule has 3 heterocycles. The first-order chi connectivity index (χ1) is 19.5. The van der Waals surface area contributed by atoms with Crippen molar-refractivity contribution in [2.75, 3.05) is 31.2 Å². The molecule has 0 bridgehead atoms. The van der Waals surface area contributed by atoms with E-state index in [1.165, 1.54) is 43.9 Å². The lowest BCUT2D eigenvalue weighted by molar-refractivity contribution is -0.143. The molecule has 6 N–H and O–H groups in total. The number of benzene rings is 1. The average Bonchev–Trinajstić information content (AvgIpc) is 3.40. The van der Waals surface area contributed by atoms with Gasteiger partial charge >= 0.3 is 13.7 Å². The minimum atomic E-state index is -4.50. The smallest absolute Gasteiger partial charge is 0.461 e. The van der Waals surface area contributed by atoms with Crippen LogP contribution in [0.1, 0.15) is 20.1 Å². The summed E-state index contributed by atoms with van der Waals surface area (Å²) in [5.74, 6) is -0.960. The Morgan fingerprint density at radius 1 is 1.31 bits per heavy atom. The van der Waals surface area contributed by atoms with Gasteiger partial charge in [-0.15, -0.1) is 4.83 Å². The summed E-state index contributed by atoms with van der Waals surface area (Å²) in [6.45, 7) is 2.59. The van der Waals surface area contributed by atoms with Crippen LogP contribution in [-0.4, -0.2) is 88.6 Å². The number of hydrogen-bond donors (Lipinski definition) is 5. The number of aliphatic hydroxyl groups is 2. The Hall–Kier alpha value is -3.42. The molecule has 3 aromatic rings. The SMILES string of the molecule is COC(=O)[C@H](C)NP(=O)(Oc1ccccc1)OC1O[C@@H](n2cnc3c(N(C)NS(C)(=O)=O)nc(N)nc32)[C@](C)(O)C1O. The van der Waals surface area contributed by atoms with Crippen LogP contribution >= 0.6 is 7.75 Å². The van der Waals surface area contributed by atoms with E-state index in [0.29, 0.717) is 0 Å². The minimum Gasteiger partial charge on any atom is -0.468 e. The molecule has 3 unspecified atom stereocenters. The monoisotopic (exact) mass is 630 g/mol. The molecule has 1 aromatic carbocycles. The van der Waals surface area contributed by atoms with Gasteiger partial charge in [0.15, 0.2) is 23.2 Å². The van der Waals surface area contributed by atoms with Crippen molar-refractivity contribution < 1.29 is 46.5 Å². The molecule has 20 heteroatoms. The number of ether oxygens (including phenoxy) is 2. The lowest BCUT2D eigenvalue weighted by Gasteiger charge is -2.27. The second-order valence-electron chi connectivity index (χ2n) is 9.56. The van der Waals surface area contributed by atoms with Crippen molar-refractivity contribution in [1.82, 2.24) is 29.4 Å². The number of anilines is 2. The number of fused-ring (bicyclic) bond motifs is 1. The van der Waals surface area contributed by atoms with Gasteiger partial charge in [-0.3, -0.25) is 18.9 Å². The Balaban J connectivity index is 1.68. The van der Waals surface area contributed by atoms with Gasteiger partial charge in [0.1, 0.15) is 23.5 Å². The van der Waals surface area contributed by atoms with Gasteiger partial charge < -0.3 is 29.9 Å². The molecule has 1 aliphatic heterocycles. The average molecular weight is 631 g/mol. The lowest BCUT2D eigenvalue weighted by atomic mass is 9.99. The molecule has 230 valence electrons. The zero-order chi connectivity index (χ0) is 31.0. The van der Waals surface area contributed by atoms with Crippen molar-refractivity contribution in [2.24, 2.45) is 0 Å². The van der Waals surface area contributed by atoms with Crippen LogP contribution in [0.3, 0.4) is 0 Å². The molecular formula is C22H31N8O10PS. The third-order valence-electron chi connectivity index (χ3n) is 6.03. The highest BCUT2D eigenvalue weighted by atomic mass is 32.2. The van der Waals surface area contributed by atoms with Gasteiger partial charge in [-0.05, 0) is 26.0 Å².